The van der Waals surface area contributed by atoms with Crippen LogP contribution in [0, 0.1) is 5.82 Å². The van der Waals surface area contributed by atoms with E-state index in [4.69, 9.17) is 4.74 Å². The molecule has 1 aliphatic rings. The van der Waals surface area contributed by atoms with Crippen molar-refractivity contribution < 1.29 is 13.9 Å². The number of hydrogen-bond donors (Lipinski definition) is 1. The molecule has 0 aliphatic carbocycles. The molecule has 1 aromatic carbocycles. The largest absolute Gasteiger partial charge is 0.490 e. The number of hydrogen-bond acceptors (Lipinski definition) is 4. The van der Waals surface area contributed by atoms with Gasteiger partial charge in [0, 0.05) is 48.9 Å². The van der Waals surface area contributed by atoms with E-state index in [0.717, 1.165) is 25.9 Å². The minimum absolute atomic E-state index is 0.0757. The molecular weight excluding hydrogens is 309 g/mol. The predicted molar refractivity (Wildman–Crippen MR) is 89.7 cm³/mol. The Morgan fingerprint density at radius 3 is 2.67 bits per heavy atom. The summed E-state index contributed by atoms with van der Waals surface area (Å²) in [6, 6.07) is 7.48. The summed E-state index contributed by atoms with van der Waals surface area (Å²) in [5, 5.41) is 2.69. The zero-order valence-corrected chi connectivity index (χ0v) is 13.5. The molecule has 5 nitrogen and oxygen atoms in total. The SMILES string of the molecule is CN1CCC(Oc2cc(F)cc(NC(=O)c3ccncc3)c2)CC1. The Balaban J connectivity index is 1.68. The van der Waals surface area contributed by atoms with Gasteiger partial charge < -0.3 is 15.0 Å². The molecule has 1 aromatic heterocycles. The van der Waals surface area contributed by atoms with E-state index in [-0.39, 0.29) is 12.0 Å². The normalized spacial score (nSPS) is 15.9. The van der Waals surface area contributed by atoms with Gasteiger partial charge in [-0.15, -0.1) is 0 Å². The molecule has 1 amide bonds. The summed E-state index contributed by atoms with van der Waals surface area (Å²) in [5.74, 6) is -0.312. The molecule has 2 aromatic rings. The van der Waals surface area contributed by atoms with Gasteiger partial charge in [-0.2, -0.15) is 0 Å². The number of nitrogens with zero attached hydrogens (tertiary/aromatic N) is 2. The summed E-state index contributed by atoms with van der Waals surface area (Å²) < 4.78 is 19.7. The van der Waals surface area contributed by atoms with Crippen molar-refractivity contribution in [1.82, 2.24) is 9.88 Å². The molecule has 1 fully saturated rings. The minimum atomic E-state index is -0.439. The highest BCUT2D eigenvalue weighted by Gasteiger charge is 2.18. The van der Waals surface area contributed by atoms with Crippen LogP contribution < -0.4 is 10.1 Å². The summed E-state index contributed by atoms with van der Waals surface area (Å²) >= 11 is 0. The van der Waals surface area contributed by atoms with Gasteiger partial charge in [0.1, 0.15) is 17.7 Å². The number of ether oxygens (including phenoxy) is 1. The van der Waals surface area contributed by atoms with Gasteiger partial charge in [-0.3, -0.25) is 9.78 Å². The quantitative estimate of drug-likeness (QED) is 0.937. The zero-order valence-electron chi connectivity index (χ0n) is 13.5. The van der Waals surface area contributed by atoms with E-state index in [0.29, 0.717) is 17.0 Å². The molecule has 24 heavy (non-hydrogen) atoms. The van der Waals surface area contributed by atoms with Gasteiger partial charge in [-0.1, -0.05) is 0 Å². The lowest BCUT2D eigenvalue weighted by molar-refractivity contribution is 0.102. The molecular formula is C18H20FN3O2. The molecule has 1 aliphatic heterocycles. The Kier molecular flexibility index (Phi) is 5.05. The van der Waals surface area contributed by atoms with Crippen LogP contribution in [0.25, 0.3) is 0 Å². The summed E-state index contributed by atoms with van der Waals surface area (Å²) in [6.07, 6.45) is 4.97. The van der Waals surface area contributed by atoms with Crippen molar-refractivity contribution in [2.24, 2.45) is 0 Å². The fourth-order valence-electron chi connectivity index (χ4n) is 2.70. The van der Waals surface area contributed by atoms with Gasteiger partial charge in [0.25, 0.3) is 5.91 Å². The van der Waals surface area contributed by atoms with Crippen LogP contribution in [0.5, 0.6) is 5.75 Å². The third-order valence-electron chi connectivity index (χ3n) is 4.04. The Morgan fingerprint density at radius 1 is 1.25 bits per heavy atom. The van der Waals surface area contributed by atoms with Crippen LogP contribution in [-0.2, 0) is 0 Å². The molecule has 1 N–H and O–H groups in total. The molecule has 0 atom stereocenters. The van der Waals surface area contributed by atoms with E-state index in [9.17, 15) is 9.18 Å². The lowest BCUT2D eigenvalue weighted by Gasteiger charge is -2.29. The van der Waals surface area contributed by atoms with Gasteiger partial charge in [-0.05, 0) is 38.1 Å². The maximum absolute atomic E-state index is 13.8. The number of aromatic nitrogens is 1. The van der Waals surface area contributed by atoms with Gasteiger partial charge in [0.05, 0.1) is 0 Å². The second-order valence-corrected chi connectivity index (χ2v) is 5.99. The number of benzene rings is 1. The molecule has 0 unspecified atom stereocenters. The van der Waals surface area contributed by atoms with Crippen LogP contribution in [0.15, 0.2) is 42.7 Å². The molecule has 0 saturated carbocycles. The van der Waals surface area contributed by atoms with Crippen molar-refractivity contribution in [2.75, 3.05) is 25.5 Å². The highest BCUT2D eigenvalue weighted by molar-refractivity contribution is 6.04. The lowest BCUT2D eigenvalue weighted by atomic mass is 10.1. The third-order valence-corrected chi connectivity index (χ3v) is 4.04. The van der Waals surface area contributed by atoms with Crippen LogP contribution in [0.3, 0.4) is 0 Å². The first-order valence-corrected chi connectivity index (χ1v) is 7.97. The second kappa shape index (κ2) is 7.40. The van der Waals surface area contributed by atoms with Gasteiger partial charge in [0.15, 0.2) is 0 Å². The first-order chi connectivity index (χ1) is 11.6. The Morgan fingerprint density at radius 2 is 1.96 bits per heavy atom. The van der Waals surface area contributed by atoms with E-state index in [1.807, 2.05) is 0 Å². The topological polar surface area (TPSA) is 54.5 Å². The first-order valence-electron chi connectivity index (χ1n) is 7.97. The van der Waals surface area contributed by atoms with Gasteiger partial charge in [0.2, 0.25) is 0 Å². The predicted octanol–water partition coefficient (Wildman–Crippen LogP) is 2.95. The van der Waals surface area contributed by atoms with Crippen LogP contribution in [0.2, 0.25) is 0 Å². The molecule has 0 radical (unpaired) electrons. The Bertz CT molecular complexity index is 701. The third kappa shape index (κ3) is 4.29. The summed E-state index contributed by atoms with van der Waals surface area (Å²) in [7, 11) is 2.07. The number of piperidine rings is 1. The maximum atomic E-state index is 13.8. The van der Waals surface area contributed by atoms with E-state index >= 15 is 0 Å². The number of anilines is 1. The highest BCUT2D eigenvalue weighted by atomic mass is 19.1. The number of pyridine rings is 1. The smallest absolute Gasteiger partial charge is 0.255 e. The fourth-order valence-corrected chi connectivity index (χ4v) is 2.70. The molecule has 1 saturated heterocycles. The number of carbonyl (C=O) groups is 1. The Labute approximate surface area is 140 Å². The van der Waals surface area contributed by atoms with Crippen LogP contribution in [0.4, 0.5) is 10.1 Å². The monoisotopic (exact) mass is 329 g/mol. The number of amides is 1. The zero-order chi connectivity index (χ0) is 16.9. The maximum Gasteiger partial charge on any atom is 0.255 e. The molecule has 0 bridgehead atoms. The highest BCUT2D eigenvalue weighted by Crippen LogP contribution is 2.24. The summed E-state index contributed by atoms with van der Waals surface area (Å²) in [6.45, 7) is 1.93. The number of likely N-dealkylation sites (tertiary alicyclic amines) is 1. The Hall–Kier alpha value is -2.47. The second-order valence-electron chi connectivity index (χ2n) is 5.99. The minimum Gasteiger partial charge on any atom is -0.490 e. The molecule has 6 heteroatoms. The summed E-state index contributed by atoms with van der Waals surface area (Å²) in [5.41, 5.74) is 0.840. The van der Waals surface area contributed by atoms with Crippen molar-refractivity contribution in [1.29, 1.82) is 0 Å². The van der Waals surface area contributed by atoms with Crippen LogP contribution in [-0.4, -0.2) is 42.0 Å². The number of nitrogens with one attached hydrogen (secondary N) is 1. The molecule has 3 rings (SSSR count). The van der Waals surface area contributed by atoms with E-state index in [1.165, 1.54) is 24.5 Å². The molecule has 2 heterocycles. The average Bonchev–Trinajstić information content (AvgIpc) is 2.57. The summed E-state index contributed by atoms with van der Waals surface area (Å²) in [4.78, 5) is 18.3. The number of halogens is 1. The van der Waals surface area contributed by atoms with Gasteiger partial charge in [-0.25, -0.2) is 4.39 Å². The number of rotatable bonds is 4. The van der Waals surface area contributed by atoms with Crippen molar-refractivity contribution >= 4 is 11.6 Å². The van der Waals surface area contributed by atoms with Gasteiger partial charge >= 0.3 is 0 Å². The van der Waals surface area contributed by atoms with Crippen LogP contribution in [0.1, 0.15) is 23.2 Å². The van der Waals surface area contributed by atoms with Crippen molar-refractivity contribution in [2.45, 2.75) is 18.9 Å². The van der Waals surface area contributed by atoms with E-state index in [2.05, 4.69) is 22.2 Å². The molecule has 126 valence electrons. The van der Waals surface area contributed by atoms with Crippen molar-refractivity contribution in [3.8, 4) is 5.75 Å². The molecule has 0 spiro atoms. The first kappa shape index (κ1) is 16.4. The fraction of sp³-hybridized carbons (Fsp3) is 0.333. The van der Waals surface area contributed by atoms with Crippen molar-refractivity contribution in [3.05, 3.63) is 54.1 Å². The van der Waals surface area contributed by atoms with Crippen molar-refractivity contribution in [3.63, 3.8) is 0 Å². The number of carbonyl (C=O) groups excluding carboxylic acids is 1. The van der Waals surface area contributed by atoms with E-state index < -0.39 is 5.82 Å². The lowest BCUT2D eigenvalue weighted by Crippen LogP contribution is -2.35. The van der Waals surface area contributed by atoms with Crippen LogP contribution >= 0.6 is 0 Å². The standard InChI is InChI=1S/C18H20FN3O2/c1-22-8-4-16(5-9-22)24-17-11-14(19)10-15(12-17)21-18(23)13-2-6-20-7-3-13/h2-3,6-7,10-12,16H,4-5,8-9H2,1H3,(H,21,23). The average molecular weight is 329 g/mol. The van der Waals surface area contributed by atoms with E-state index in [1.54, 1.807) is 18.2 Å².